The van der Waals surface area contributed by atoms with Gasteiger partial charge in [-0.15, -0.1) is 0 Å². The van der Waals surface area contributed by atoms with Gasteiger partial charge in [-0.05, 0) is 30.7 Å². The minimum atomic E-state index is -4.41. The molecule has 0 amide bonds. The smallest absolute Gasteiger partial charge is 0.335 e. The van der Waals surface area contributed by atoms with Crippen molar-refractivity contribution in [1.82, 2.24) is 19.6 Å². The van der Waals surface area contributed by atoms with Crippen LogP contribution in [0.4, 0.5) is 19.1 Å². The number of alkyl halides is 3. The second kappa shape index (κ2) is 8.01. The van der Waals surface area contributed by atoms with Gasteiger partial charge in [-0.2, -0.15) is 27.8 Å². The van der Waals surface area contributed by atoms with Gasteiger partial charge in [0.25, 0.3) is 0 Å². The first-order valence-corrected chi connectivity index (χ1v) is 9.96. The maximum Gasteiger partial charge on any atom is 0.406 e. The van der Waals surface area contributed by atoms with Crippen molar-refractivity contribution < 1.29 is 13.2 Å². The molecule has 0 fully saturated rings. The van der Waals surface area contributed by atoms with E-state index in [1.807, 2.05) is 6.07 Å². The summed E-state index contributed by atoms with van der Waals surface area (Å²) in [6.07, 6.45) is -4.41. The summed E-state index contributed by atoms with van der Waals surface area (Å²) in [6, 6.07) is 14.2. The van der Waals surface area contributed by atoms with Gasteiger partial charge in [0, 0.05) is 17.6 Å². The molecule has 0 N–H and O–H groups in total. The van der Waals surface area contributed by atoms with E-state index < -0.39 is 12.7 Å². The number of fused-ring (bicyclic) bond motifs is 1. The number of halogens is 5. The highest BCUT2D eigenvalue weighted by Gasteiger charge is 2.32. The minimum Gasteiger partial charge on any atom is -0.335 e. The molecule has 0 unspecified atom stereocenters. The molecule has 0 saturated carbocycles. The average molecular weight is 466 g/mol. The third-order valence-electron chi connectivity index (χ3n) is 4.60. The Bertz CT molecular complexity index is 1250. The molecule has 0 spiro atoms. The molecule has 0 saturated heterocycles. The zero-order valence-corrected chi connectivity index (χ0v) is 18.0. The van der Waals surface area contributed by atoms with Crippen LogP contribution in [0, 0.1) is 6.92 Å². The fourth-order valence-corrected chi connectivity index (χ4v) is 3.68. The number of benzene rings is 2. The topological polar surface area (TPSA) is 46.3 Å². The Balaban J connectivity index is 2.04. The van der Waals surface area contributed by atoms with Gasteiger partial charge < -0.3 is 4.90 Å². The van der Waals surface area contributed by atoms with E-state index in [0.717, 1.165) is 10.5 Å². The summed E-state index contributed by atoms with van der Waals surface area (Å²) in [6.45, 7) is 0.439. The van der Waals surface area contributed by atoms with E-state index in [9.17, 15) is 13.2 Å². The van der Waals surface area contributed by atoms with Gasteiger partial charge in [0.2, 0.25) is 5.95 Å². The van der Waals surface area contributed by atoms with Crippen LogP contribution >= 0.6 is 23.2 Å². The van der Waals surface area contributed by atoms with Crippen LogP contribution < -0.4 is 4.90 Å². The predicted molar refractivity (Wildman–Crippen MR) is 116 cm³/mol. The Hall–Kier alpha value is -2.84. The van der Waals surface area contributed by atoms with Crippen LogP contribution in [0.5, 0.6) is 0 Å². The summed E-state index contributed by atoms with van der Waals surface area (Å²) in [5.74, 6) is 0.339. The lowest BCUT2D eigenvalue weighted by Crippen LogP contribution is -2.33. The molecule has 0 radical (unpaired) electrons. The summed E-state index contributed by atoms with van der Waals surface area (Å²) < 4.78 is 40.5. The summed E-state index contributed by atoms with van der Waals surface area (Å²) >= 11 is 12.5. The molecular weight excluding hydrogens is 450 g/mol. The summed E-state index contributed by atoms with van der Waals surface area (Å²) in [5, 5.41) is 5.61. The Kier molecular flexibility index (Phi) is 5.53. The van der Waals surface area contributed by atoms with E-state index in [1.54, 1.807) is 49.4 Å². The van der Waals surface area contributed by atoms with Crippen molar-refractivity contribution in [1.29, 1.82) is 0 Å². The highest BCUT2D eigenvalue weighted by atomic mass is 35.5. The van der Waals surface area contributed by atoms with Crippen LogP contribution in [-0.2, 0) is 0 Å². The molecule has 0 bridgehead atoms. The molecule has 4 rings (SSSR count). The Morgan fingerprint density at radius 1 is 1.00 bits per heavy atom. The van der Waals surface area contributed by atoms with Gasteiger partial charge in [-0.1, -0.05) is 53.5 Å². The van der Waals surface area contributed by atoms with Crippen LogP contribution in [0.2, 0.25) is 10.0 Å². The van der Waals surface area contributed by atoms with Gasteiger partial charge in [0.1, 0.15) is 18.1 Å². The molecule has 2 aromatic carbocycles. The molecule has 5 nitrogen and oxygen atoms in total. The molecule has 0 aliphatic carbocycles. The molecule has 0 aliphatic rings. The van der Waals surface area contributed by atoms with Gasteiger partial charge in [-0.3, -0.25) is 0 Å². The number of anilines is 1. The quantitative estimate of drug-likeness (QED) is 0.366. The highest BCUT2D eigenvalue weighted by Crippen LogP contribution is 2.38. The zero-order valence-electron chi connectivity index (χ0n) is 16.5. The molecule has 0 aliphatic heterocycles. The molecular formula is C21H16Cl2F3N5. The Morgan fingerprint density at radius 2 is 1.68 bits per heavy atom. The zero-order chi connectivity index (χ0) is 22.3. The van der Waals surface area contributed by atoms with Crippen LogP contribution in [0.1, 0.15) is 5.82 Å². The maximum atomic E-state index is 13.1. The van der Waals surface area contributed by atoms with Gasteiger partial charge in [0.15, 0.2) is 5.65 Å². The van der Waals surface area contributed by atoms with Crippen molar-refractivity contribution in [3.05, 3.63) is 64.4 Å². The maximum absolute atomic E-state index is 13.1. The third kappa shape index (κ3) is 4.31. The van der Waals surface area contributed by atoms with Crippen molar-refractivity contribution in [3.63, 3.8) is 0 Å². The monoisotopic (exact) mass is 465 g/mol. The first kappa shape index (κ1) is 21.4. The largest absolute Gasteiger partial charge is 0.406 e. The average Bonchev–Trinajstić information content (AvgIpc) is 3.06. The molecule has 4 aromatic rings. The van der Waals surface area contributed by atoms with E-state index in [4.69, 9.17) is 23.2 Å². The summed E-state index contributed by atoms with van der Waals surface area (Å²) in [4.78, 5) is 9.72. The van der Waals surface area contributed by atoms with Gasteiger partial charge >= 0.3 is 6.18 Å². The molecule has 10 heteroatoms. The van der Waals surface area contributed by atoms with E-state index >= 15 is 0 Å². The first-order chi connectivity index (χ1) is 14.6. The number of rotatable bonds is 4. The number of aryl methyl sites for hydroxylation is 1. The Labute approximate surface area is 186 Å². The van der Waals surface area contributed by atoms with Crippen molar-refractivity contribution in [2.45, 2.75) is 13.1 Å². The number of hydrogen-bond acceptors (Lipinski definition) is 4. The van der Waals surface area contributed by atoms with E-state index in [-0.39, 0.29) is 5.95 Å². The van der Waals surface area contributed by atoms with Crippen LogP contribution in [0.25, 0.3) is 28.0 Å². The molecule has 31 heavy (non-hydrogen) atoms. The molecule has 160 valence electrons. The second-order valence-corrected chi connectivity index (χ2v) is 7.83. The minimum absolute atomic E-state index is 0.0216. The number of aromatic nitrogens is 4. The van der Waals surface area contributed by atoms with Crippen LogP contribution in [-0.4, -0.2) is 39.4 Å². The highest BCUT2D eigenvalue weighted by molar-refractivity contribution is 6.33. The van der Waals surface area contributed by atoms with E-state index in [2.05, 4.69) is 15.1 Å². The van der Waals surface area contributed by atoms with Gasteiger partial charge in [-0.25, -0.2) is 4.98 Å². The fraction of sp³-hybridized carbons (Fsp3) is 0.190. The fourth-order valence-electron chi connectivity index (χ4n) is 3.33. The summed E-state index contributed by atoms with van der Waals surface area (Å²) in [7, 11) is 1.31. The lowest BCUT2D eigenvalue weighted by Gasteiger charge is -2.20. The third-order valence-corrected chi connectivity index (χ3v) is 5.18. The molecule has 2 heterocycles. The standard InChI is InChI=1S/C21H16Cl2F3N5/c1-12-27-19-17(13-7-9-14(22)10-8-13)18(15-5-3-4-6-16(15)23)29-31(19)20(28-12)30(2)11-21(24,25)26/h3-10H,11H2,1-2H3. The SMILES string of the molecule is Cc1nc(N(C)CC(F)(F)F)n2nc(-c3ccccc3Cl)c(-c3ccc(Cl)cc3)c2n1. The first-order valence-electron chi connectivity index (χ1n) is 9.20. The number of hydrogen-bond donors (Lipinski definition) is 0. The lowest BCUT2D eigenvalue weighted by molar-refractivity contribution is -0.119. The predicted octanol–water partition coefficient (Wildman–Crippen LogP) is 6.07. The molecule has 2 aromatic heterocycles. The second-order valence-electron chi connectivity index (χ2n) is 6.99. The van der Waals surface area contributed by atoms with E-state index in [1.165, 1.54) is 11.6 Å². The van der Waals surface area contributed by atoms with Crippen molar-refractivity contribution in [2.75, 3.05) is 18.5 Å². The normalized spacial score (nSPS) is 11.8. The summed E-state index contributed by atoms with van der Waals surface area (Å²) in [5.41, 5.74) is 2.85. The van der Waals surface area contributed by atoms with Gasteiger partial charge in [0.05, 0.1) is 10.6 Å². The number of nitrogens with zero attached hydrogens (tertiary/aromatic N) is 5. The Morgan fingerprint density at radius 3 is 2.32 bits per heavy atom. The van der Waals surface area contributed by atoms with Crippen molar-refractivity contribution >= 4 is 34.8 Å². The molecule has 0 atom stereocenters. The van der Waals surface area contributed by atoms with E-state index in [0.29, 0.717) is 38.3 Å². The lowest BCUT2D eigenvalue weighted by atomic mass is 10.0. The van der Waals surface area contributed by atoms with Crippen molar-refractivity contribution in [3.8, 4) is 22.4 Å². The van der Waals surface area contributed by atoms with Crippen LogP contribution in [0.15, 0.2) is 48.5 Å². The van der Waals surface area contributed by atoms with Crippen molar-refractivity contribution in [2.24, 2.45) is 0 Å². The van der Waals surface area contributed by atoms with Crippen LogP contribution in [0.3, 0.4) is 0 Å².